The molecule has 106 valence electrons. The third kappa shape index (κ3) is 2.73. The van der Waals surface area contributed by atoms with Crippen molar-refractivity contribution in [3.63, 3.8) is 0 Å². The summed E-state index contributed by atoms with van der Waals surface area (Å²) in [7, 11) is 0. The molecule has 1 aliphatic heterocycles. The number of primary amides is 1. The number of aliphatic hydroxyl groups excluding tert-OH is 2. The van der Waals surface area contributed by atoms with Crippen molar-refractivity contribution in [1.29, 1.82) is 0 Å². The molecule has 1 aromatic heterocycles. The zero-order valence-electron chi connectivity index (χ0n) is 10.3. The molecular weight excluding hydrogens is 256 g/mol. The zero-order chi connectivity index (χ0) is 14.0. The van der Waals surface area contributed by atoms with Crippen LogP contribution in [0.1, 0.15) is 23.8 Å². The summed E-state index contributed by atoms with van der Waals surface area (Å²) in [5.74, 6) is -0.962. The SMILES string of the molecule is CCOC[C@H]1O[C@@H](n2cnc(C(N)=O)n2)[C@H](O)[C@@H]1O. The van der Waals surface area contributed by atoms with Crippen LogP contribution in [-0.4, -0.2) is 62.4 Å². The monoisotopic (exact) mass is 272 g/mol. The first-order valence-corrected chi connectivity index (χ1v) is 5.85. The van der Waals surface area contributed by atoms with Crippen molar-refractivity contribution in [1.82, 2.24) is 14.8 Å². The Kier molecular flexibility index (Phi) is 4.10. The van der Waals surface area contributed by atoms with Gasteiger partial charge in [0.1, 0.15) is 24.6 Å². The summed E-state index contributed by atoms with van der Waals surface area (Å²) >= 11 is 0. The van der Waals surface area contributed by atoms with Crippen molar-refractivity contribution in [2.45, 2.75) is 31.5 Å². The Hall–Kier alpha value is -1.55. The molecule has 0 aliphatic carbocycles. The molecular formula is C10H16N4O5. The predicted octanol–water partition coefficient (Wildman–Crippen LogP) is -1.97. The Bertz CT molecular complexity index is 451. The van der Waals surface area contributed by atoms with Crippen LogP contribution in [0.3, 0.4) is 0 Å². The van der Waals surface area contributed by atoms with Gasteiger partial charge in [0.2, 0.25) is 5.82 Å². The summed E-state index contributed by atoms with van der Waals surface area (Å²) in [4.78, 5) is 14.6. The Balaban J connectivity index is 2.09. The standard InChI is InChI=1S/C10H16N4O5/c1-2-18-3-5-6(15)7(16)10(19-5)14-4-12-9(13-14)8(11)17/h4-7,10,15-16H,2-3H2,1H3,(H2,11,17)/t5-,6-,7-,10-/m1/s1. The highest BCUT2D eigenvalue weighted by molar-refractivity contribution is 5.88. The third-order valence-corrected chi connectivity index (χ3v) is 2.81. The number of hydrogen-bond acceptors (Lipinski definition) is 7. The van der Waals surface area contributed by atoms with Gasteiger partial charge in [-0.3, -0.25) is 4.79 Å². The molecule has 4 N–H and O–H groups in total. The van der Waals surface area contributed by atoms with Crippen LogP contribution in [0.5, 0.6) is 0 Å². The van der Waals surface area contributed by atoms with Crippen LogP contribution in [0.15, 0.2) is 6.33 Å². The highest BCUT2D eigenvalue weighted by Gasteiger charge is 2.44. The highest BCUT2D eigenvalue weighted by Crippen LogP contribution is 2.28. The molecule has 0 radical (unpaired) electrons. The molecule has 0 saturated carbocycles. The topological polar surface area (TPSA) is 133 Å². The predicted molar refractivity (Wildman–Crippen MR) is 61.0 cm³/mol. The molecule has 1 saturated heterocycles. The van der Waals surface area contributed by atoms with Gasteiger partial charge in [-0.2, -0.15) is 0 Å². The molecule has 0 aromatic carbocycles. The zero-order valence-corrected chi connectivity index (χ0v) is 10.3. The van der Waals surface area contributed by atoms with E-state index in [0.29, 0.717) is 6.61 Å². The number of nitrogens with zero attached hydrogens (tertiary/aromatic N) is 3. The Morgan fingerprint density at radius 3 is 2.89 bits per heavy atom. The second kappa shape index (κ2) is 5.61. The fourth-order valence-electron chi connectivity index (χ4n) is 1.83. The van der Waals surface area contributed by atoms with E-state index in [-0.39, 0.29) is 12.4 Å². The summed E-state index contributed by atoms with van der Waals surface area (Å²) in [6.45, 7) is 2.44. The van der Waals surface area contributed by atoms with Gasteiger partial charge in [0.05, 0.1) is 6.61 Å². The van der Waals surface area contributed by atoms with E-state index in [9.17, 15) is 15.0 Å². The van der Waals surface area contributed by atoms with Gasteiger partial charge in [-0.1, -0.05) is 0 Å². The fourth-order valence-corrected chi connectivity index (χ4v) is 1.83. The Labute approximate surface area is 108 Å². The molecule has 0 bridgehead atoms. The van der Waals surface area contributed by atoms with E-state index in [0.717, 1.165) is 4.68 Å². The van der Waals surface area contributed by atoms with Crippen molar-refractivity contribution in [3.8, 4) is 0 Å². The van der Waals surface area contributed by atoms with E-state index in [1.54, 1.807) is 0 Å². The van der Waals surface area contributed by atoms with Crippen LogP contribution >= 0.6 is 0 Å². The maximum Gasteiger partial charge on any atom is 0.288 e. The first-order chi connectivity index (χ1) is 9.04. The van der Waals surface area contributed by atoms with Crippen molar-refractivity contribution >= 4 is 5.91 Å². The van der Waals surface area contributed by atoms with Gasteiger partial charge in [0.25, 0.3) is 5.91 Å². The number of carbonyl (C=O) groups is 1. The number of hydrogen-bond donors (Lipinski definition) is 3. The molecule has 9 nitrogen and oxygen atoms in total. The van der Waals surface area contributed by atoms with Crippen LogP contribution in [0.4, 0.5) is 0 Å². The Morgan fingerprint density at radius 1 is 1.58 bits per heavy atom. The van der Waals surface area contributed by atoms with E-state index in [2.05, 4.69) is 10.1 Å². The highest BCUT2D eigenvalue weighted by atomic mass is 16.6. The van der Waals surface area contributed by atoms with Gasteiger partial charge in [-0.05, 0) is 6.92 Å². The van der Waals surface area contributed by atoms with Gasteiger partial charge in [-0.25, -0.2) is 9.67 Å². The first-order valence-electron chi connectivity index (χ1n) is 5.85. The number of aliphatic hydroxyl groups is 2. The lowest BCUT2D eigenvalue weighted by Gasteiger charge is -2.13. The number of nitrogens with two attached hydrogens (primary N) is 1. The van der Waals surface area contributed by atoms with Gasteiger partial charge >= 0.3 is 0 Å². The van der Waals surface area contributed by atoms with Gasteiger partial charge < -0.3 is 25.4 Å². The molecule has 9 heteroatoms. The normalized spacial score (nSPS) is 30.7. The minimum Gasteiger partial charge on any atom is -0.387 e. The molecule has 4 atom stereocenters. The molecule has 19 heavy (non-hydrogen) atoms. The van der Waals surface area contributed by atoms with Gasteiger partial charge in [0, 0.05) is 6.61 Å². The summed E-state index contributed by atoms with van der Waals surface area (Å²) in [6, 6.07) is 0. The largest absolute Gasteiger partial charge is 0.387 e. The summed E-state index contributed by atoms with van der Waals surface area (Å²) in [5, 5.41) is 23.5. The molecule has 1 aromatic rings. The summed E-state index contributed by atoms with van der Waals surface area (Å²) in [5.41, 5.74) is 5.03. The van der Waals surface area contributed by atoms with E-state index in [4.69, 9.17) is 15.2 Å². The third-order valence-electron chi connectivity index (χ3n) is 2.81. The van der Waals surface area contributed by atoms with Gasteiger partial charge in [-0.15, -0.1) is 5.10 Å². The Morgan fingerprint density at radius 2 is 2.32 bits per heavy atom. The summed E-state index contributed by atoms with van der Waals surface area (Å²) < 4.78 is 11.8. The number of rotatable bonds is 5. The number of aromatic nitrogens is 3. The van der Waals surface area contributed by atoms with Gasteiger partial charge in [0.15, 0.2) is 6.23 Å². The maximum absolute atomic E-state index is 10.9. The van der Waals surface area contributed by atoms with E-state index in [1.807, 2.05) is 6.92 Å². The van der Waals surface area contributed by atoms with Crippen LogP contribution in [0.2, 0.25) is 0 Å². The molecule has 2 heterocycles. The minimum absolute atomic E-state index is 0.155. The second-order valence-corrected chi connectivity index (χ2v) is 4.12. The van der Waals surface area contributed by atoms with Crippen molar-refractivity contribution in [2.24, 2.45) is 5.73 Å². The van der Waals surface area contributed by atoms with Crippen molar-refractivity contribution in [3.05, 3.63) is 12.2 Å². The minimum atomic E-state index is -1.19. The van der Waals surface area contributed by atoms with Crippen LogP contribution in [0, 0.1) is 0 Å². The molecule has 1 aliphatic rings. The van der Waals surface area contributed by atoms with Crippen LogP contribution < -0.4 is 5.73 Å². The number of carbonyl (C=O) groups excluding carboxylic acids is 1. The van der Waals surface area contributed by atoms with E-state index in [1.165, 1.54) is 6.33 Å². The quantitative estimate of drug-likeness (QED) is 0.566. The van der Waals surface area contributed by atoms with Crippen molar-refractivity contribution in [2.75, 3.05) is 13.2 Å². The molecule has 0 spiro atoms. The molecule has 1 fully saturated rings. The van der Waals surface area contributed by atoms with E-state index < -0.39 is 30.4 Å². The average Bonchev–Trinajstić information content (AvgIpc) is 2.95. The maximum atomic E-state index is 10.9. The molecule has 1 amide bonds. The van der Waals surface area contributed by atoms with Crippen molar-refractivity contribution < 1.29 is 24.5 Å². The first kappa shape index (κ1) is 13.9. The molecule has 2 rings (SSSR count). The van der Waals surface area contributed by atoms with E-state index >= 15 is 0 Å². The summed E-state index contributed by atoms with van der Waals surface area (Å²) in [6.07, 6.45) is -2.67. The number of amides is 1. The second-order valence-electron chi connectivity index (χ2n) is 4.12. The smallest absolute Gasteiger partial charge is 0.288 e. The van der Waals surface area contributed by atoms with Crippen LogP contribution in [0.25, 0.3) is 0 Å². The lowest BCUT2D eigenvalue weighted by molar-refractivity contribution is -0.0699. The fraction of sp³-hybridized carbons (Fsp3) is 0.700. The van der Waals surface area contributed by atoms with Crippen LogP contribution in [-0.2, 0) is 9.47 Å². The lowest BCUT2D eigenvalue weighted by Crippen LogP contribution is -2.34. The molecule has 0 unspecified atom stereocenters. The lowest BCUT2D eigenvalue weighted by atomic mass is 10.1. The number of ether oxygens (including phenoxy) is 2. The average molecular weight is 272 g/mol.